The number of aromatic nitrogens is 4. The van der Waals surface area contributed by atoms with Gasteiger partial charge in [-0.2, -0.15) is 0 Å². The number of hydrogen-bond donors (Lipinski definition) is 0. The smallest absolute Gasteiger partial charge is 0.164 e. The molecule has 0 aliphatic rings. The first-order chi connectivity index (χ1) is 24.3. The third-order valence-electron chi connectivity index (χ3n) is 9.05. The van der Waals surface area contributed by atoms with Gasteiger partial charge in [-0.25, -0.2) is 15.0 Å². The maximum Gasteiger partial charge on any atom is 0.164 e. The predicted octanol–water partition coefficient (Wildman–Crippen LogP) is 11.3. The molecule has 0 N–H and O–H groups in total. The zero-order valence-corrected chi connectivity index (χ0v) is 26.6. The molecule has 0 bridgehead atoms. The van der Waals surface area contributed by atoms with E-state index in [0.29, 0.717) is 17.5 Å². The summed E-state index contributed by atoms with van der Waals surface area (Å²) in [6, 6.07) is 63.3. The minimum absolute atomic E-state index is 0.630. The van der Waals surface area contributed by atoms with Gasteiger partial charge < -0.3 is 4.57 Å². The van der Waals surface area contributed by atoms with Crippen LogP contribution in [0.25, 0.3) is 83.9 Å². The van der Waals surface area contributed by atoms with E-state index in [2.05, 4.69) is 150 Å². The topological polar surface area (TPSA) is 43.6 Å². The Kier molecular flexibility index (Phi) is 7.10. The van der Waals surface area contributed by atoms with Gasteiger partial charge in [0, 0.05) is 33.0 Å². The van der Waals surface area contributed by atoms with E-state index in [1.807, 2.05) is 36.4 Å². The lowest BCUT2D eigenvalue weighted by atomic mass is 10.0. The molecule has 9 aromatic rings. The molecular formula is C45H30N4. The molecule has 49 heavy (non-hydrogen) atoms. The minimum Gasteiger partial charge on any atom is -0.309 e. The number of para-hydroxylation sites is 3. The summed E-state index contributed by atoms with van der Waals surface area (Å²) < 4.78 is 2.38. The van der Waals surface area contributed by atoms with E-state index in [1.54, 1.807) is 0 Å². The molecule has 0 unspecified atom stereocenters. The van der Waals surface area contributed by atoms with E-state index in [1.165, 1.54) is 21.8 Å². The second kappa shape index (κ2) is 12.2. The Morgan fingerprint density at radius 1 is 0.306 bits per heavy atom. The second-order valence-corrected chi connectivity index (χ2v) is 12.1. The predicted molar refractivity (Wildman–Crippen MR) is 201 cm³/mol. The molecule has 0 radical (unpaired) electrons. The molecule has 0 aliphatic heterocycles. The summed E-state index contributed by atoms with van der Waals surface area (Å²) >= 11 is 0. The Bertz CT molecular complexity index is 2550. The number of hydrogen-bond acceptors (Lipinski definition) is 3. The van der Waals surface area contributed by atoms with Crippen molar-refractivity contribution in [1.82, 2.24) is 19.5 Å². The number of rotatable bonds is 6. The van der Waals surface area contributed by atoms with Crippen LogP contribution in [0.1, 0.15) is 0 Å². The van der Waals surface area contributed by atoms with Crippen LogP contribution in [0.5, 0.6) is 0 Å². The zero-order valence-electron chi connectivity index (χ0n) is 26.6. The highest BCUT2D eigenvalue weighted by Crippen LogP contribution is 2.37. The van der Waals surface area contributed by atoms with Crippen LogP contribution in [-0.2, 0) is 0 Å². The summed E-state index contributed by atoms with van der Waals surface area (Å²) in [6.07, 6.45) is 0. The van der Waals surface area contributed by atoms with E-state index in [9.17, 15) is 0 Å². The summed E-state index contributed by atoms with van der Waals surface area (Å²) in [6.45, 7) is 0. The molecule has 4 nitrogen and oxygen atoms in total. The van der Waals surface area contributed by atoms with Gasteiger partial charge in [0.25, 0.3) is 0 Å². The van der Waals surface area contributed by atoms with Crippen molar-refractivity contribution in [3.63, 3.8) is 0 Å². The molecule has 2 heterocycles. The van der Waals surface area contributed by atoms with Crippen LogP contribution in [-0.4, -0.2) is 19.5 Å². The maximum atomic E-state index is 5.10. The fourth-order valence-electron chi connectivity index (χ4n) is 6.74. The van der Waals surface area contributed by atoms with E-state index >= 15 is 0 Å². The van der Waals surface area contributed by atoms with E-state index < -0.39 is 0 Å². The Morgan fingerprint density at radius 2 is 0.735 bits per heavy atom. The van der Waals surface area contributed by atoms with Crippen LogP contribution in [0.4, 0.5) is 0 Å². The van der Waals surface area contributed by atoms with Crippen molar-refractivity contribution >= 4 is 21.8 Å². The van der Waals surface area contributed by atoms with Crippen LogP contribution in [0, 0.1) is 0 Å². The van der Waals surface area contributed by atoms with Crippen molar-refractivity contribution in [3.05, 3.63) is 182 Å². The van der Waals surface area contributed by atoms with Gasteiger partial charge in [-0.1, -0.05) is 152 Å². The average Bonchev–Trinajstić information content (AvgIpc) is 3.53. The van der Waals surface area contributed by atoms with Crippen LogP contribution < -0.4 is 0 Å². The highest BCUT2D eigenvalue weighted by atomic mass is 15.0. The minimum atomic E-state index is 0.630. The molecule has 9 rings (SSSR count). The van der Waals surface area contributed by atoms with Crippen LogP contribution in [0.15, 0.2) is 182 Å². The molecule has 0 saturated heterocycles. The monoisotopic (exact) mass is 626 g/mol. The second-order valence-electron chi connectivity index (χ2n) is 12.1. The van der Waals surface area contributed by atoms with E-state index in [0.717, 1.165) is 44.6 Å². The van der Waals surface area contributed by atoms with Gasteiger partial charge in [0.15, 0.2) is 17.5 Å². The van der Waals surface area contributed by atoms with Gasteiger partial charge in [-0.05, 0) is 47.0 Å². The van der Waals surface area contributed by atoms with Gasteiger partial charge in [0.1, 0.15) is 0 Å². The summed E-state index contributed by atoms with van der Waals surface area (Å²) in [5.41, 5.74) is 10.8. The van der Waals surface area contributed by atoms with Gasteiger partial charge >= 0.3 is 0 Å². The largest absolute Gasteiger partial charge is 0.309 e. The Labute approximate surface area is 284 Å². The normalized spacial score (nSPS) is 11.3. The quantitative estimate of drug-likeness (QED) is 0.184. The molecule has 0 fully saturated rings. The van der Waals surface area contributed by atoms with E-state index in [-0.39, 0.29) is 0 Å². The van der Waals surface area contributed by atoms with Gasteiger partial charge in [0.05, 0.1) is 16.7 Å². The average molecular weight is 627 g/mol. The highest BCUT2D eigenvalue weighted by molar-refractivity contribution is 6.09. The van der Waals surface area contributed by atoms with Crippen molar-refractivity contribution in [2.75, 3.05) is 0 Å². The lowest BCUT2D eigenvalue weighted by Crippen LogP contribution is -2.01. The SMILES string of the molecule is c1ccc(-c2cccc(-c3nc(-c4ccccc4)nc(-c4cccc(-c5ccccc5-n5c6ccccc6c6ccccc65)c4)n3)c2)cc1. The molecule has 0 aliphatic carbocycles. The summed E-state index contributed by atoms with van der Waals surface area (Å²) in [4.78, 5) is 15.1. The number of fused-ring (bicyclic) bond motifs is 3. The van der Waals surface area contributed by atoms with Crippen LogP contribution in [0.3, 0.4) is 0 Å². The van der Waals surface area contributed by atoms with Crippen molar-refractivity contribution in [2.45, 2.75) is 0 Å². The molecule has 2 aromatic heterocycles. The summed E-state index contributed by atoms with van der Waals surface area (Å²) in [7, 11) is 0. The van der Waals surface area contributed by atoms with Gasteiger partial charge in [-0.15, -0.1) is 0 Å². The Hall–Kier alpha value is -6.65. The van der Waals surface area contributed by atoms with Crippen LogP contribution in [0.2, 0.25) is 0 Å². The van der Waals surface area contributed by atoms with Crippen molar-refractivity contribution in [2.24, 2.45) is 0 Å². The zero-order chi connectivity index (χ0) is 32.6. The third kappa shape index (κ3) is 5.26. The molecule has 0 saturated carbocycles. The molecule has 0 amide bonds. The van der Waals surface area contributed by atoms with Gasteiger partial charge in [-0.3, -0.25) is 0 Å². The lowest BCUT2D eigenvalue weighted by molar-refractivity contribution is 1.07. The highest BCUT2D eigenvalue weighted by Gasteiger charge is 2.17. The first-order valence-corrected chi connectivity index (χ1v) is 16.5. The number of benzene rings is 7. The van der Waals surface area contributed by atoms with E-state index in [4.69, 9.17) is 15.0 Å². The summed E-state index contributed by atoms with van der Waals surface area (Å²) in [5.74, 6) is 1.91. The molecular weight excluding hydrogens is 597 g/mol. The lowest BCUT2D eigenvalue weighted by Gasteiger charge is -2.15. The van der Waals surface area contributed by atoms with Crippen LogP contribution >= 0.6 is 0 Å². The van der Waals surface area contributed by atoms with Gasteiger partial charge in [0.2, 0.25) is 0 Å². The Balaban J connectivity index is 1.20. The Morgan fingerprint density at radius 3 is 1.37 bits per heavy atom. The molecule has 0 atom stereocenters. The number of nitrogens with zero attached hydrogens (tertiary/aromatic N) is 4. The molecule has 230 valence electrons. The molecule has 7 aromatic carbocycles. The fourth-order valence-corrected chi connectivity index (χ4v) is 6.74. The first-order valence-electron chi connectivity index (χ1n) is 16.5. The van der Waals surface area contributed by atoms with Crippen molar-refractivity contribution in [3.8, 4) is 62.1 Å². The third-order valence-corrected chi connectivity index (χ3v) is 9.05. The first kappa shape index (κ1) is 28.6. The van der Waals surface area contributed by atoms with Crippen molar-refractivity contribution in [1.29, 1.82) is 0 Å². The standard InChI is InChI=1S/C45H30N4/c1-3-15-31(16-4-1)33-19-13-21-35(29-33)44-46-43(32-17-5-2-6-18-32)47-45(48-44)36-22-14-20-34(30-36)37-23-7-10-26-40(37)49-41-27-11-8-24-38(41)39-25-9-12-28-42(39)49/h1-30H. The fraction of sp³-hybridized carbons (Fsp3) is 0. The maximum absolute atomic E-state index is 5.10. The molecule has 0 spiro atoms. The van der Waals surface area contributed by atoms with Crippen molar-refractivity contribution < 1.29 is 0 Å². The molecule has 4 heteroatoms. The summed E-state index contributed by atoms with van der Waals surface area (Å²) in [5, 5.41) is 2.48.